The van der Waals surface area contributed by atoms with Crippen molar-refractivity contribution in [1.82, 2.24) is 14.8 Å². The van der Waals surface area contributed by atoms with Crippen LogP contribution in [0.2, 0.25) is 0 Å². The van der Waals surface area contributed by atoms with E-state index in [1.54, 1.807) is 23.9 Å². The van der Waals surface area contributed by atoms with Crippen LogP contribution in [0, 0.1) is 0 Å². The summed E-state index contributed by atoms with van der Waals surface area (Å²) in [6.45, 7) is 0.181. The average Bonchev–Trinajstić information content (AvgIpc) is 2.72. The van der Waals surface area contributed by atoms with Crippen molar-refractivity contribution >= 4 is 11.6 Å². The molecule has 1 amide bonds. The molecule has 0 aliphatic rings. The number of amides is 1. The molecule has 0 aliphatic heterocycles. The van der Waals surface area contributed by atoms with Gasteiger partial charge in [0.15, 0.2) is 5.82 Å². The van der Waals surface area contributed by atoms with Crippen LogP contribution in [0.1, 0.15) is 16.2 Å². The Kier molecular flexibility index (Phi) is 3.13. The van der Waals surface area contributed by atoms with Crippen molar-refractivity contribution in [1.29, 1.82) is 0 Å². The van der Waals surface area contributed by atoms with Crippen LogP contribution in [0.15, 0.2) is 24.5 Å². The Bertz CT molecular complexity index is 579. The highest BCUT2D eigenvalue weighted by Gasteiger charge is 2.11. The van der Waals surface area contributed by atoms with E-state index >= 15 is 0 Å². The smallest absolute Gasteiger partial charge is 0.252 e. The second-order valence-corrected chi connectivity index (χ2v) is 3.71. The topological polar surface area (TPSA) is 109 Å². The summed E-state index contributed by atoms with van der Waals surface area (Å²) in [6, 6.07) is 4.68. The molecule has 0 radical (unpaired) electrons. The average molecular weight is 247 g/mol. The fraction of sp³-hybridized carbons (Fsp3) is 0.182. The van der Waals surface area contributed by atoms with E-state index in [1.165, 1.54) is 12.4 Å². The van der Waals surface area contributed by atoms with Crippen LogP contribution >= 0.6 is 0 Å². The number of anilines is 1. The molecule has 0 unspecified atom stereocenters. The number of aryl methyl sites for hydroxylation is 1. The van der Waals surface area contributed by atoms with Crippen molar-refractivity contribution in [3.8, 4) is 5.75 Å². The minimum atomic E-state index is -0.567. The molecule has 0 spiro atoms. The van der Waals surface area contributed by atoms with E-state index in [0.717, 1.165) is 0 Å². The van der Waals surface area contributed by atoms with Crippen LogP contribution < -0.4 is 16.2 Å². The van der Waals surface area contributed by atoms with Gasteiger partial charge in [-0.2, -0.15) is 5.10 Å². The monoisotopic (exact) mass is 247 g/mol. The summed E-state index contributed by atoms with van der Waals surface area (Å²) in [5, 5.41) is 3.91. The molecule has 18 heavy (non-hydrogen) atoms. The molecular formula is C11H13N5O2. The van der Waals surface area contributed by atoms with Crippen molar-refractivity contribution < 1.29 is 9.53 Å². The Morgan fingerprint density at radius 2 is 2.28 bits per heavy atom. The third-order valence-electron chi connectivity index (χ3n) is 2.43. The van der Waals surface area contributed by atoms with Gasteiger partial charge in [0.1, 0.15) is 18.7 Å². The SMILES string of the molecule is Cn1ncnc1COc1cc(N)ccc1C(N)=O. The van der Waals surface area contributed by atoms with Crippen LogP contribution in [0.3, 0.4) is 0 Å². The lowest BCUT2D eigenvalue weighted by Crippen LogP contribution is -2.14. The number of carbonyl (C=O) groups is 1. The summed E-state index contributed by atoms with van der Waals surface area (Å²) < 4.78 is 7.08. The molecule has 0 aliphatic carbocycles. The molecule has 0 fully saturated rings. The lowest BCUT2D eigenvalue weighted by atomic mass is 10.2. The molecule has 1 aromatic heterocycles. The molecule has 0 bridgehead atoms. The number of hydrogen-bond donors (Lipinski definition) is 2. The van der Waals surface area contributed by atoms with Crippen LogP contribution in [-0.2, 0) is 13.7 Å². The van der Waals surface area contributed by atoms with Gasteiger partial charge < -0.3 is 16.2 Å². The highest BCUT2D eigenvalue weighted by molar-refractivity contribution is 5.96. The number of nitrogens with zero attached hydrogens (tertiary/aromatic N) is 3. The zero-order valence-corrected chi connectivity index (χ0v) is 9.83. The van der Waals surface area contributed by atoms with E-state index in [9.17, 15) is 4.79 Å². The van der Waals surface area contributed by atoms with Gasteiger partial charge in [0, 0.05) is 18.8 Å². The largest absolute Gasteiger partial charge is 0.485 e. The third kappa shape index (κ3) is 2.40. The van der Waals surface area contributed by atoms with Gasteiger partial charge in [-0.1, -0.05) is 0 Å². The van der Waals surface area contributed by atoms with E-state index in [1.807, 2.05) is 0 Å². The Balaban J connectivity index is 2.20. The number of ether oxygens (including phenoxy) is 1. The maximum Gasteiger partial charge on any atom is 0.252 e. The highest BCUT2D eigenvalue weighted by atomic mass is 16.5. The molecule has 1 aromatic carbocycles. The Morgan fingerprint density at radius 3 is 2.89 bits per heavy atom. The molecule has 2 rings (SSSR count). The number of primary amides is 1. The fourth-order valence-corrected chi connectivity index (χ4v) is 1.46. The Hall–Kier alpha value is -2.57. The van der Waals surface area contributed by atoms with Gasteiger partial charge >= 0.3 is 0 Å². The van der Waals surface area contributed by atoms with Crippen molar-refractivity contribution in [3.63, 3.8) is 0 Å². The molecule has 0 saturated heterocycles. The predicted octanol–water partition coefficient (Wildman–Crippen LogP) is 0.0752. The van der Waals surface area contributed by atoms with E-state index in [-0.39, 0.29) is 12.2 Å². The molecule has 4 N–H and O–H groups in total. The summed E-state index contributed by atoms with van der Waals surface area (Å²) in [6.07, 6.45) is 1.42. The number of carbonyl (C=O) groups excluding carboxylic acids is 1. The summed E-state index contributed by atoms with van der Waals surface area (Å²) in [7, 11) is 1.75. The molecule has 94 valence electrons. The van der Waals surface area contributed by atoms with Gasteiger partial charge in [0.2, 0.25) is 0 Å². The maximum atomic E-state index is 11.2. The second-order valence-electron chi connectivity index (χ2n) is 3.71. The second kappa shape index (κ2) is 4.74. The van der Waals surface area contributed by atoms with Crippen LogP contribution in [-0.4, -0.2) is 20.7 Å². The molecule has 1 heterocycles. The molecule has 0 atom stereocenters. The van der Waals surface area contributed by atoms with E-state index in [4.69, 9.17) is 16.2 Å². The van der Waals surface area contributed by atoms with Gasteiger partial charge in [-0.25, -0.2) is 4.98 Å². The molecule has 0 saturated carbocycles. The summed E-state index contributed by atoms with van der Waals surface area (Å²) in [4.78, 5) is 15.2. The van der Waals surface area contributed by atoms with E-state index < -0.39 is 5.91 Å². The van der Waals surface area contributed by atoms with Crippen molar-refractivity contribution in [2.45, 2.75) is 6.61 Å². The van der Waals surface area contributed by atoms with E-state index in [0.29, 0.717) is 17.3 Å². The predicted molar refractivity (Wildman–Crippen MR) is 64.7 cm³/mol. The number of aromatic nitrogens is 3. The van der Waals surface area contributed by atoms with Crippen molar-refractivity contribution in [2.24, 2.45) is 12.8 Å². The minimum absolute atomic E-state index is 0.181. The van der Waals surface area contributed by atoms with Crippen LogP contribution in [0.5, 0.6) is 5.75 Å². The standard InChI is InChI=1S/C11H13N5O2/c1-16-10(14-6-15-16)5-18-9-4-7(12)2-3-8(9)11(13)17/h2-4,6H,5,12H2,1H3,(H2,13,17). The number of nitrogens with two attached hydrogens (primary N) is 2. The quantitative estimate of drug-likeness (QED) is 0.743. The lowest BCUT2D eigenvalue weighted by molar-refractivity contribution is 0.0995. The van der Waals surface area contributed by atoms with Gasteiger partial charge in [-0.15, -0.1) is 0 Å². The fourth-order valence-electron chi connectivity index (χ4n) is 1.46. The summed E-state index contributed by atoms with van der Waals surface area (Å²) in [5.41, 5.74) is 11.7. The van der Waals surface area contributed by atoms with Crippen molar-refractivity contribution in [2.75, 3.05) is 5.73 Å². The zero-order valence-electron chi connectivity index (χ0n) is 9.83. The Morgan fingerprint density at radius 1 is 1.50 bits per heavy atom. The normalized spacial score (nSPS) is 10.3. The van der Waals surface area contributed by atoms with Gasteiger partial charge in [-0.05, 0) is 12.1 Å². The molecule has 2 aromatic rings. The zero-order chi connectivity index (χ0) is 13.1. The summed E-state index contributed by atoms with van der Waals surface area (Å²) >= 11 is 0. The summed E-state index contributed by atoms with van der Waals surface area (Å²) in [5.74, 6) is 0.404. The first-order valence-electron chi connectivity index (χ1n) is 5.23. The van der Waals surface area contributed by atoms with Crippen LogP contribution in [0.25, 0.3) is 0 Å². The van der Waals surface area contributed by atoms with Crippen LogP contribution in [0.4, 0.5) is 5.69 Å². The third-order valence-corrected chi connectivity index (χ3v) is 2.43. The Labute approximate surface area is 103 Å². The molecular weight excluding hydrogens is 234 g/mol. The maximum absolute atomic E-state index is 11.2. The highest BCUT2D eigenvalue weighted by Crippen LogP contribution is 2.22. The van der Waals surface area contributed by atoms with Crippen molar-refractivity contribution in [3.05, 3.63) is 35.9 Å². The number of rotatable bonds is 4. The molecule has 7 heteroatoms. The van der Waals surface area contributed by atoms with E-state index in [2.05, 4.69) is 10.1 Å². The first-order chi connectivity index (χ1) is 8.58. The van der Waals surface area contributed by atoms with Gasteiger partial charge in [0.05, 0.1) is 5.56 Å². The first-order valence-corrected chi connectivity index (χ1v) is 5.23. The number of hydrogen-bond acceptors (Lipinski definition) is 5. The number of benzene rings is 1. The minimum Gasteiger partial charge on any atom is -0.485 e. The molecule has 7 nitrogen and oxygen atoms in total. The number of nitrogen functional groups attached to an aromatic ring is 1. The van der Waals surface area contributed by atoms with Gasteiger partial charge in [0.25, 0.3) is 5.91 Å². The first kappa shape index (κ1) is 11.9. The van der Waals surface area contributed by atoms with Gasteiger partial charge in [-0.3, -0.25) is 9.48 Å². The lowest BCUT2D eigenvalue weighted by Gasteiger charge is -2.09.